The lowest BCUT2D eigenvalue weighted by molar-refractivity contribution is 0.0515. The summed E-state index contributed by atoms with van der Waals surface area (Å²) in [7, 11) is -0.423. The quantitative estimate of drug-likeness (QED) is 0.154. The van der Waals surface area contributed by atoms with Crippen LogP contribution in [0, 0.1) is 0 Å². The van der Waals surface area contributed by atoms with Gasteiger partial charge < -0.3 is 14.2 Å². The fourth-order valence-corrected chi connectivity index (χ4v) is 5.57. The SMILES string of the molecule is CCCc1nc(C(=O)OCC)c(SC)n1Cc1ccc(-c2ccccc2S(=O)(=O)/N=C/N(C)C)cc1. The first-order chi connectivity index (χ1) is 17.2. The number of benzene rings is 2. The van der Waals surface area contributed by atoms with Gasteiger partial charge in [-0.1, -0.05) is 49.4 Å². The Balaban J connectivity index is 1.96. The number of nitrogens with zero attached hydrogens (tertiary/aromatic N) is 4. The fourth-order valence-electron chi connectivity index (χ4n) is 3.71. The summed E-state index contributed by atoms with van der Waals surface area (Å²) in [5, 5.41) is 0.774. The van der Waals surface area contributed by atoms with E-state index in [1.807, 2.05) is 36.6 Å². The molecule has 3 aromatic rings. The third-order valence-electron chi connectivity index (χ3n) is 5.32. The molecule has 3 rings (SSSR count). The summed E-state index contributed by atoms with van der Waals surface area (Å²) in [5.74, 6) is 0.423. The van der Waals surface area contributed by atoms with Crippen molar-refractivity contribution in [3.8, 4) is 11.1 Å². The third kappa shape index (κ3) is 6.36. The third-order valence-corrected chi connectivity index (χ3v) is 7.41. The van der Waals surface area contributed by atoms with Gasteiger partial charge in [-0.15, -0.1) is 16.2 Å². The highest BCUT2D eigenvalue weighted by atomic mass is 32.2. The molecule has 0 unspecified atom stereocenters. The lowest BCUT2D eigenvalue weighted by atomic mass is 10.0. The van der Waals surface area contributed by atoms with E-state index in [1.54, 1.807) is 44.1 Å². The van der Waals surface area contributed by atoms with E-state index in [0.717, 1.165) is 34.8 Å². The van der Waals surface area contributed by atoms with Gasteiger partial charge >= 0.3 is 5.97 Å². The van der Waals surface area contributed by atoms with Crippen molar-refractivity contribution in [1.29, 1.82) is 0 Å². The van der Waals surface area contributed by atoms with Crippen LogP contribution in [0.15, 0.2) is 62.9 Å². The van der Waals surface area contributed by atoms with Crippen LogP contribution in [0.3, 0.4) is 0 Å². The van der Waals surface area contributed by atoms with Crippen molar-refractivity contribution >= 4 is 34.1 Å². The van der Waals surface area contributed by atoms with Crippen molar-refractivity contribution in [2.45, 2.75) is 43.2 Å². The Morgan fingerprint density at radius 3 is 2.44 bits per heavy atom. The second-order valence-corrected chi connectivity index (χ2v) is 10.7. The van der Waals surface area contributed by atoms with Crippen LogP contribution in [0.4, 0.5) is 0 Å². The zero-order chi connectivity index (χ0) is 26.3. The van der Waals surface area contributed by atoms with Gasteiger partial charge in [-0.3, -0.25) is 0 Å². The molecule has 0 amide bonds. The van der Waals surface area contributed by atoms with E-state index in [0.29, 0.717) is 24.4 Å². The van der Waals surface area contributed by atoms with E-state index >= 15 is 0 Å². The van der Waals surface area contributed by atoms with Gasteiger partial charge in [-0.05, 0) is 36.8 Å². The van der Waals surface area contributed by atoms with Crippen LogP contribution in [0.5, 0.6) is 0 Å². The first-order valence-corrected chi connectivity index (χ1v) is 14.3. The summed E-state index contributed by atoms with van der Waals surface area (Å²) in [5.41, 5.74) is 2.71. The fraction of sp³-hybridized carbons (Fsp3) is 0.346. The molecule has 0 aliphatic rings. The van der Waals surface area contributed by atoms with Crippen molar-refractivity contribution < 1.29 is 17.9 Å². The minimum Gasteiger partial charge on any atom is -0.461 e. The molecule has 0 radical (unpaired) electrons. The molecule has 0 N–H and O–H groups in total. The maximum atomic E-state index is 12.8. The zero-order valence-electron chi connectivity index (χ0n) is 21.3. The number of aromatic nitrogens is 2. The molecule has 0 saturated carbocycles. The molecular weight excluding hydrogens is 496 g/mol. The van der Waals surface area contributed by atoms with Crippen molar-refractivity contribution in [3.05, 3.63) is 65.6 Å². The Morgan fingerprint density at radius 1 is 1.14 bits per heavy atom. The number of carbonyl (C=O) groups excluding carboxylic acids is 1. The van der Waals surface area contributed by atoms with Crippen molar-refractivity contribution in [2.75, 3.05) is 27.0 Å². The first-order valence-electron chi connectivity index (χ1n) is 11.7. The molecule has 0 fully saturated rings. The van der Waals surface area contributed by atoms with E-state index in [4.69, 9.17) is 4.74 Å². The number of imidazole rings is 1. The zero-order valence-corrected chi connectivity index (χ0v) is 22.9. The Kier molecular flexibility index (Phi) is 9.33. The second kappa shape index (κ2) is 12.2. The maximum Gasteiger partial charge on any atom is 0.359 e. The van der Waals surface area contributed by atoms with E-state index in [-0.39, 0.29) is 4.90 Å². The summed E-state index contributed by atoms with van der Waals surface area (Å²) in [4.78, 5) is 18.8. The molecule has 192 valence electrons. The summed E-state index contributed by atoms with van der Waals surface area (Å²) in [6.45, 7) is 4.68. The molecule has 0 spiro atoms. The normalized spacial score (nSPS) is 11.7. The van der Waals surface area contributed by atoms with Gasteiger partial charge in [-0.25, -0.2) is 9.78 Å². The average molecular weight is 529 g/mol. The predicted octanol–water partition coefficient (Wildman–Crippen LogP) is 4.73. The van der Waals surface area contributed by atoms with Crippen LogP contribution in [0.1, 0.15) is 42.1 Å². The first kappa shape index (κ1) is 27.5. The number of thioether (sulfide) groups is 1. The number of hydrogen-bond donors (Lipinski definition) is 0. The molecule has 0 aliphatic carbocycles. The van der Waals surface area contributed by atoms with Crippen LogP contribution < -0.4 is 0 Å². The maximum absolute atomic E-state index is 12.8. The molecule has 0 bridgehead atoms. The highest BCUT2D eigenvalue weighted by Crippen LogP contribution is 2.30. The highest BCUT2D eigenvalue weighted by Gasteiger charge is 2.23. The number of esters is 1. The second-order valence-electron chi connectivity index (χ2n) is 8.30. The van der Waals surface area contributed by atoms with E-state index < -0.39 is 16.0 Å². The standard InChI is InChI=1S/C26H32N4O4S2/c1-6-10-23-28-24(26(31)34-7-2)25(35-5)30(23)17-19-13-15-20(16-14-19)21-11-8-9-12-22(21)36(32,33)27-18-29(3)4/h8-9,11-16,18H,6-7,10,17H2,1-5H3/b27-18+. The van der Waals surface area contributed by atoms with Gasteiger partial charge in [0.2, 0.25) is 0 Å². The molecule has 2 aromatic carbocycles. The number of sulfonamides is 1. The number of aryl methyl sites for hydroxylation is 1. The topological polar surface area (TPSA) is 93.9 Å². The van der Waals surface area contributed by atoms with Crippen LogP contribution in [0.2, 0.25) is 0 Å². The van der Waals surface area contributed by atoms with Crippen LogP contribution in [-0.4, -0.2) is 62.1 Å². The highest BCUT2D eigenvalue weighted by molar-refractivity contribution is 7.98. The molecule has 0 saturated heterocycles. The van der Waals surface area contributed by atoms with Gasteiger partial charge in [0.25, 0.3) is 10.0 Å². The molecule has 1 heterocycles. The van der Waals surface area contributed by atoms with Crippen LogP contribution in [0.25, 0.3) is 11.1 Å². The lowest BCUT2D eigenvalue weighted by Gasteiger charge is -2.13. The van der Waals surface area contributed by atoms with Gasteiger partial charge in [0.1, 0.15) is 17.2 Å². The van der Waals surface area contributed by atoms with E-state index in [2.05, 4.69) is 20.9 Å². The Morgan fingerprint density at radius 2 is 1.83 bits per heavy atom. The smallest absolute Gasteiger partial charge is 0.359 e. The van der Waals surface area contributed by atoms with Crippen molar-refractivity contribution in [1.82, 2.24) is 14.5 Å². The monoisotopic (exact) mass is 528 g/mol. The largest absolute Gasteiger partial charge is 0.461 e. The van der Waals surface area contributed by atoms with E-state index in [1.165, 1.54) is 18.1 Å². The van der Waals surface area contributed by atoms with Crippen molar-refractivity contribution in [3.63, 3.8) is 0 Å². The van der Waals surface area contributed by atoms with Gasteiger partial charge in [0.05, 0.1) is 11.5 Å². The van der Waals surface area contributed by atoms with Crippen molar-refractivity contribution in [2.24, 2.45) is 4.40 Å². The minimum absolute atomic E-state index is 0.152. The van der Waals surface area contributed by atoms with Gasteiger partial charge in [0.15, 0.2) is 5.69 Å². The Bertz CT molecular complexity index is 1330. The number of rotatable bonds is 11. The molecular formula is C26H32N4O4S2. The van der Waals surface area contributed by atoms with Crippen LogP contribution >= 0.6 is 11.8 Å². The molecule has 0 atom stereocenters. The van der Waals surface area contributed by atoms with Crippen LogP contribution in [-0.2, 0) is 27.7 Å². The molecule has 36 heavy (non-hydrogen) atoms. The Hall–Kier alpha value is -3.11. The summed E-state index contributed by atoms with van der Waals surface area (Å²) >= 11 is 1.47. The molecule has 10 heteroatoms. The molecule has 1 aromatic heterocycles. The summed E-state index contributed by atoms with van der Waals surface area (Å²) in [6, 6.07) is 14.6. The average Bonchev–Trinajstić information content (AvgIpc) is 3.20. The van der Waals surface area contributed by atoms with E-state index in [9.17, 15) is 13.2 Å². The minimum atomic E-state index is -3.86. The number of hydrogen-bond acceptors (Lipinski definition) is 6. The number of ether oxygens (including phenoxy) is 1. The number of carbonyl (C=O) groups is 1. The lowest BCUT2D eigenvalue weighted by Crippen LogP contribution is -2.10. The molecule has 8 nitrogen and oxygen atoms in total. The van der Waals surface area contributed by atoms with Gasteiger partial charge in [0, 0.05) is 32.6 Å². The Labute approximate surface area is 217 Å². The molecule has 0 aliphatic heterocycles. The van der Waals surface area contributed by atoms with Gasteiger partial charge in [-0.2, -0.15) is 8.42 Å². The summed E-state index contributed by atoms with van der Waals surface area (Å²) in [6.07, 6.45) is 4.84. The predicted molar refractivity (Wildman–Crippen MR) is 144 cm³/mol. The summed E-state index contributed by atoms with van der Waals surface area (Å²) < 4.78 is 36.7.